The van der Waals surface area contributed by atoms with Crippen LogP contribution in [0.4, 0.5) is 5.69 Å². The molecule has 0 spiro atoms. The number of rotatable bonds is 7. The summed E-state index contributed by atoms with van der Waals surface area (Å²) in [5, 5.41) is 6.10. The van der Waals surface area contributed by atoms with Gasteiger partial charge in [-0.2, -0.15) is 0 Å². The Morgan fingerprint density at radius 3 is 2.78 bits per heavy atom. The van der Waals surface area contributed by atoms with Gasteiger partial charge in [-0.1, -0.05) is 0 Å². The van der Waals surface area contributed by atoms with Gasteiger partial charge in [-0.25, -0.2) is 0 Å². The molecule has 0 radical (unpaired) electrons. The van der Waals surface area contributed by atoms with Crippen LogP contribution in [0.25, 0.3) is 0 Å². The quantitative estimate of drug-likeness (QED) is 0.793. The zero-order valence-electron chi connectivity index (χ0n) is 13.6. The van der Waals surface area contributed by atoms with Crippen LogP contribution in [0.1, 0.15) is 20.3 Å². The molecule has 1 amide bonds. The Balaban J connectivity index is 0.00000264. The standard InChI is InChI=1S/C16H24N2O4.ClH/c1-3-20-12-5-6-15(21-4-2)14(9-12)18-16(19)10-13-11-17-7-8-22-13;/h5-6,9,13,17H,3-4,7-8,10-11H2,1-2H3,(H,18,19);1H. The van der Waals surface area contributed by atoms with Crippen LogP contribution in [-0.2, 0) is 9.53 Å². The van der Waals surface area contributed by atoms with Crippen LogP contribution in [0, 0.1) is 0 Å². The van der Waals surface area contributed by atoms with E-state index in [0.717, 1.165) is 6.54 Å². The van der Waals surface area contributed by atoms with Gasteiger partial charge in [-0.3, -0.25) is 4.79 Å². The van der Waals surface area contributed by atoms with E-state index in [0.29, 0.717) is 50.0 Å². The number of hydrogen-bond acceptors (Lipinski definition) is 5. The van der Waals surface area contributed by atoms with Crippen molar-refractivity contribution in [2.24, 2.45) is 0 Å². The number of halogens is 1. The molecule has 1 heterocycles. The molecule has 1 fully saturated rings. The third-order valence-electron chi connectivity index (χ3n) is 3.25. The van der Waals surface area contributed by atoms with Gasteiger partial charge in [-0.15, -0.1) is 12.4 Å². The molecule has 1 aliphatic heterocycles. The van der Waals surface area contributed by atoms with Gasteiger partial charge >= 0.3 is 0 Å². The fourth-order valence-corrected chi connectivity index (χ4v) is 2.30. The molecule has 0 bridgehead atoms. The lowest BCUT2D eigenvalue weighted by Crippen LogP contribution is -2.40. The lowest BCUT2D eigenvalue weighted by molar-refractivity contribution is -0.119. The Labute approximate surface area is 143 Å². The Morgan fingerprint density at radius 2 is 2.13 bits per heavy atom. The van der Waals surface area contributed by atoms with Crippen molar-refractivity contribution in [3.63, 3.8) is 0 Å². The topological polar surface area (TPSA) is 68.8 Å². The van der Waals surface area contributed by atoms with Gasteiger partial charge in [0.05, 0.1) is 38.0 Å². The molecule has 1 aromatic rings. The van der Waals surface area contributed by atoms with Crippen LogP contribution in [0.3, 0.4) is 0 Å². The highest BCUT2D eigenvalue weighted by molar-refractivity contribution is 5.92. The van der Waals surface area contributed by atoms with Crippen molar-refractivity contribution in [2.45, 2.75) is 26.4 Å². The number of ether oxygens (including phenoxy) is 3. The summed E-state index contributed by atoms with van der Waals surface area (Å²) in [6.07, 6.45) is 0.233. The molecule has 0 saturated carbocycles. The molecule has 1 atom stereocenters. The summed E-state index contributed by atoms with van der Waals surface area (Å²) in [7, 11) is 0. The molecule has 1 aromatic carbocycles. The van der Waals surface area contributed by atoms with Crippen molar-refractivity contribution >= 4 is 24.0 Å². The molecule has 1 saturated heterocycles. The lowest BCUT2D eigenvalue weighted by Gasteiger charge is -2.23. The first kappa shape index (κ1) is 19.5. The van der Waals surface area contributed by atoms with E-state index in [-0.39, 0.29) is 24.4 Å². The van der Waals surface area contributed by atoms with E-state index in [9.17, 15) is 4.79 Å². The normalized spacial score (nSPS) is 17.0. The Morgan fingerprint density at radius 1 is 1.35 bits per heavy atom. The number of morpholine rings is 1. The van der Waals surface area contributed by atoms with Crippen LogP contribution in [0.2, 0.25) is 0 Å². The average molecular weight is 345 g/mol. The van der Waals surface area contributed by atoms with E-state index in [4.69, 9.17) is 14.2 Å². The first-order valence-electron chi connectivity index (χ1n) is 7.74. The SMILES string of the molecule is CCOc1ccc(OCC)c(NC(=O)CC2CNCCO2)c1.Cl. The molecular weight excluding hydrogens is 320 g/mol. The molecule has 7 heteroatoms. The highest BCUT2D eigenvalue weighted by Gasteiger charge is 2.18. The summed E-state index contributed by atoms with van der Waals surface area (Å²) >= 11 is 0. The molecule has 0 aromatic heterocycles. The highest BCUT2D eigenvalue weighted by Crippen LogP contribution is 2.29. The second-order valence-corrected chi connectivity index (χ2v) is 4.97. The Hall–Kier alpha value is -1.50. The molecule has 2 N–H and O–H groups in total. The molecule has 1 aliphatic rings. The Kier molecular flexibility index (Phi) is 8.76. The monoisotopic (exact) mass is 344 g/mol. The number of carbonyl (C=O) groups excluding carboxylic acids is 1. The smallest absolute Gasteiger partial charge is 0.227 e. The summed E-state index contributed by atoms with van der Waals surface area (Å²) in [5.74, 6) is 1.25. The van der Waals surface area contributed by atoms with Gasteiger partial charge in [0, 0.05) is 19.2 Å². The molecular formula is C16H25ClN2O4. The third-order valence-corrected chi connectivity index (χ3v) is 3.25. The second kappa shape index (κ2) is 10.3. The summed E-state index contributed by atoms with van der Waals surface area (Å²) < 4.78 is 16.6. The second-order valence-electron chi connectivity index (χ2n) is 4.97. The van der Waals surface area contributed by atoms with Gasteiger partial charge in [0.2, 0.25) is 5.91 Å². The third kappa shape index (κ3) is 6.25. The fourth-order valence-electron chi connectivity index (χ4n) is 2.30. The average Bonchev–Trinajstić information content (AvgIpc) is 2.51. The first-order valence-corrected chi connectivity index (χ1v) is 7.74. The zero-order valence-corrected chi connectivity index (χ0v) is 14.4. The van der Waals surface area contributed by atoms with E-state index in [1.54, 1.807) is 6.07 Å². The van der Waals surface area contributed by atoms with Crippen molar-refractivity contribution in [3.8, 4) is 11.5 Å². The van der Waals surface area contributed by atoms with E-state index < -0.39 is 0 Å². The number of benzene rings is 1. The predicted molar refractivity (Wildman–Crippen MR) is 91.9 cm³/mol. The molecule has 23 heavy (non-hydrogen) atoms. The van der Waals surface area contributed by atoms with E-state index in [2.05, 4.69) is 10.6 Å². The number of carbonyl (C=O) groups is 1. The molecule has 130 valence electrons. The summed E-state index contributed by atoms with van der Waals surface area (Å²) in [6.45, 7) is 7.11. The van der Waals surface area contributed by atoms with Gasteiger partial charge in [0.15, 0.2) is 0 Å². The van der Waals surface area contributed by atoms with Crippen LogP contribution < -0.4 is 20.1 Å². The largest absolute Gasteiger partial charge is 0.494 e. The zero-order chi connectivity index (χ0) is 15.8. The molecule has 2 rings (SSSR count). The van der Waals surface area contributed by atoms with E-state index in [1.165, 1.54) is 0 Å². The molecule has 1 unspecified atom stereocenters. The summed E-state index contributed by atoms with van der Waals surface area (Å²) in [5.41, 5.74) is 0.626. The van der Waals surface area contributed by atoms with Crippen molar-refractivity contribution in [1.29, 1.82) is 0 Å². The Bertz CT molecular complexity index is 493. The maximum atomic E-state index is 12.2. The minimum absolute atomic E-state index is 0. The van der Waals surface area contributed by atoms with Gasteiger partial charge in [0.25, 0.3) is 0 Å². The van der Waals surface area contributed by atoms with Crippen molar-refractivity contribution in [3.05, 3.63) is 18.2 Å². The van der Waals surface area contributed by atoms with Crippen molar-refractivity contribution in [2.75, 3.05) is 38.2 Å². The van der Waals surface area contributed by atoms with E-state index in [1.807, 2.05) is 26.0 Å². The molecule has 6 nitrogen and oxygen atoms in total. The van der Waals surface area contributed by atoms with Crippen LogP contribution in [-0.4, -0.2) is 44.9 Å². The van der Waals surface area contributed by atoms with Crippen molar-refractivity contribution < 1.29 is 19.0 Å². The van der Waals surface area contributed by atoms with Crippen LogP contribution in [0.15, 0.2) is 18.2 Å². The highest BCUT2D eigenvalue weighted by atomic mass is 35.5. The maximum absolute atomic E-state index is 12.2. The summed E-state index contributed by atoms with van der Waals surface area (Å²) in [6, 6.07) is 5.42. The summed E-state index contributed by atoms with van der Waals surface area (Å²) in [4.78, 5) is 12.2. The number of nitrogens with one attached hydrogen (secondary N) is 2. The van der Waals surface area contributed by atoms with Crippen LogP contribution >= 0.6 is 12.4 Å². The van der Waals surface area contributed by atoms with Gasteiger partial charge < -0.3 is 24.8 Å². The van der Waals surface area contributed by atoms with Crippen molar-refractivity contribution in [1.82, 2.24) is 5.32 Å². The van der Waals surface area contributed by atoms with E-state index >= 15 is 0 Å². The lowest BCUT2D eigenvalue weighted by atomic mass is 10.2. The van der Waals surface area contributed by atoms with Gasteiger partial charge in [0.1, 0.15) is 11.5 Å². The maximum Gasteiger partial charge on any atom is 0.227 e. The number of anilines is 1. The minimum atomic E-state index is -0.0942. The number of amides is 1. The molecule has 0 aliphatic carbocycles. The fraction of sp³-hybridized carbons (Fsp3) is 0.562. The predicted octanol–water partition coefficient (Wildman–Crippen LogP) is 2.22. The van der Waals surface area contributed by atoms with Crippen LogP contribution in [0.5, 0.6) is 11.5 Å². The first-order chi connectivity index (χ1) is 10.7. The van der Waals surface area contributed by atoms with Gasteiger partial charge in [-0.05, 0) is 26.0 Å². The minimum Gasteiger partial charge on any atom is -0.494 e. The number of hydrogen-bond donors (Lipinski definition) is 2.